The van der Waals surface area contributed by atoms with E-state index in [1.54, 1.807) is 0 Å². The second-order valence-corrected chi connectivity index (χ2v) is 2.73. The maximum atomic E-state index is 5.44. The molecule has 0 aliphatic heterocycles. The Morgan fingerprint density at radius 2 is 2.10 bits per heavy atom. The summed E-state index contributed by atoms with van der Waals surface area (Å²) in [5, 5.41) is 0. The lowest BCUT2D eigenvalue weighted by atomic mass is 10.1. The van der Waals surface area contributed by atoms with Gasteiger partial charge in [-0.2, -0.15) is 0 Å². The van der Waals surface area contributed by atoms with E-state index in [0.717, 1.165) is 25.8 Å². The number of nitrogens with one attached hydrogen (secondary N) is 2. The largest absolute Gasteiger partial charge is 0.234 e. The molecule has 0 aromatic carbocycles. The highest BCUT2D eigenvalue weighted by molar-refractivity contribution is 6.13. The van der Waals surface area contributed by atoms with Crippen LogP contribution in [0.5, 0.6) is 0 Å². The van der Waals surface area contributed by atoms with Gasteiger partial charge in [0.25, 0.3) is 0 Å². The van der Waals surface area contributed by atoms with Crippen LogP contribution < -0.4 is 9.67 Å². The minimum atomic E-state index is 0.423. The molecular formula is C6H14Cl2N2. The molecule has 0 aromatic heterocycles. The quantitative estimate of drug-likeness (QED) is 0.488. The lowest BCUT2D eigenvalue weighted by molar-refractivity contribution is 0.534. The molecular weight excluding hydrogens is 171 g/mol. The van der Waals surface area contributed by atoms with Crippen LogP contribution >= 0.6 is 23.6 Å². The standard InChI is InChI=1S/C6H14Cl2N2/c1-2-6(10-8)4-3-5-9-7/h6,9-10H,2-5H2,1H3/t6-/m0/s1. The van der Waals surface area contributed by atoms with Gasteiger partial charge in [-0.1, -0.05) is 6.92 Å². The van der Waals surface area contributed by atoms with E-state index in [-0.39, 0.29) is 0 Å². The van der Waals surface area contributed by atoms with Crippen molar-refractivity contribution < 1.29 is 0 Å². The molecule has 0 radical (unpaired) electrons. The van der Waals surface area contributed by atoms with Gasteiger partial charge in [0.2, 0.25) is 0 Å². The predicted molar refractivity (Wildman–Crippen MR) is 46.2 cm³/mol. The molecule has 2 N–H and O–H groups in total. The average Bonchev–Trinajstić information content (AvgIpc) is 1.99. The van der Waals surface area contributed by atoms with Crippen LogP contribution in [-0.2, 0) is 0 Å². The highest BCUT2D eigenvalue weighted by Gasteiger charge is 2.01. The van der Waals surface area contributed by atoms with Gasteiger partial charge in [-0.15, -0.1) is 0 Å². The van der Waals surface area contributed by atoms with Crippen LogP contribution in [0.2, 0.25) is 0 Å². The van der Waals surface area contributed by atoms with Crippen molar-refractivity contribution >= 4 is 23.6 Å². The third-order valence-electron chi connectivity index (χ3n) is 1.47. The third kappa shape index (κ3) is 5.30. The monoisotopic (exact) mass is 184 g/mol. The molecule has 0 amide bonds. The van der Waals surface area contributed by atoms with Crippen LogP contribution in [0.4, 0.5) is 0 Å². The number of hydrogen-bond acceptors (Lipinski definition) is 2. The van der Waals surface area contributed by atoms with Gasteiger partial charge < -0.3 is 0 Å². The summed E-state index contributed by atoms with van der Waals surface area (Å²) >= 11 is 10.7. The molecule has 0 spiro atoms. The van der Waals surface area contributed by atoms with Gasteiger partial charge in [-0.25, -0.2) is 9.67 Å². The molecule has 0 unspecified atom stereocenters. The third-order valence-corrected chi connectivity index (χ3v) is 1.97. The maximum Gasteiger partial charge on any atom is 0.0218 e. The lowest BCUT2D eigenvalue weighted by Crippen LogP contribution is -2.20. The minimum Gasteiger partial charge on any atom is -0.234 e. The summed E-state index contributed by atoms with van der Waals surface area (Å²) in [7, 11) is 0. The highest BCUT2D eigenvalue weighted by atomic mass is 35.5. The number of halogens is 2. The van der Waals surface area contributed by atoms with E-state index in [1.165, 1.54) is 0 Å². The molecule has 10 heavy (non-hydrogen) atoms. The second-order valence-electron chi connectivity index (χ2n) is 2.24. The maximum absolute atomic E-state index is 5.44. The van der Waals surface area contributed by atoms with E-state index in [4.69, 9.17) is 23.6 Å². The van der Waals surface area contributed by atoms with Crippen LogP contribution in [0.3, 0.4) is 0 Å². The summed E-state index contributed by atoms with van der Waals surface area (Å²) in [6.07, 6.45) is 3.19. The van der Waals surface area contributed by atoms with Crippen molar-refractivity contribution in [2.45, 2.75) is 32.2 Å². The Hall–Kier alpha value is 0.500. The van der Waals surface area contributed by atoms with Gasteiger partial charge >= 0.3 is 0 Å². The molecule has 0 heterocycles. The van der Waals surface area contributed by atoms with Gasteiger partial charge in [-0.3, -0.25) is 0 Å². The zero-order valence-electron chi connectivity index (χ0n) is 6.16. The van der Waals surface area contributed by atoms with Gasteiger partial charge in [0.15, 0.2) is 0 Å². The van der Waals surface area contributed by atoms with Crippen molar-refractivity contribution in [2.75, 3.05) is 6.54 Å². The van der Waals surface area contributed by atoms with Crippen LogP contribution in [0, 0.1) is 0 Å². The van der Waals surface area contributed by atoms with E-state index in [2.05, 4.69) is 16.6 Å². The van der Waals surface area contributed by atoms with Gasteiger partial charge in [0.05, 0.1) is 0 Å². The Bertz CT molecular complexity index is 66.8. The van der Waals surface area contributed by atoms with E-state index >= 15 is 0 Å². The molecule has 0 saturated carbocycles. The van der Waals surface area contributed by atoms with Crippen LogP contribution in [0.15, 0.2) is 0 Å². The van der Waals surface area contributed by atoms with Gasteiger partial charge in [0, 0.05) is 12.6 Å². The average molecular weight is 185 g/mol. The summed E-state index contributed by atoms with van der Waals surface area (Å²) in [6, 6.07) is 0.423. The topological polar surface area (TPSA) is 24.1 Å². The van der Waals surface area contributed by atoms with Crippen molar-refractivity contribution in [1.82, 2.24) is 9.67 Å². The highest BCUT2D eigenvalue weighted by Crippen LogP contribution is 2.01. The summed E-state index contributed by atoms with van der Waals surface area (Å²) in [6.45, 7) is 2.95. The first-order chi connectivity index (χ1) is 4.85. The molecule has 0 aromatic rings. The number of hydrogen-bond donors (Lipinski definition) is 2. The summed E-state index contributed by atoms with van der Waals surface area (Å²) in [5.74, 6) is 0. The zero-order chi connectivity index (χ0) is 7.82. The van der Waals surface area contributed by atoms with Crippen molar-refractivity contribution in [3.63, 3.8) is 0 Å². The zero-order valence-corrected chi connectivity index (χ0v) is 7.67. The van der Waals surface area contributed by atoms with E-state index in [9.17, 15) is 0 Å². The number of rotatable bonds is 6. The Morgan fingerprint density at radius 1 is 1.40 bits per heavy atom. The smallest absolute Gasteiger partial charge is 0.0218 e. The fourth-order valence-electron chi connectivity index (χ4n) is 0.751. The molecule has 0 saturated heterocycles. The first-order valence-electron chi connectivity index (χ1n) is 3.54. The summed E-state index contributed by atoms with van der Waals surface area (Å²) in [5.41, 5.74) is 0. The Labute approximate surface area is 72.5 Å². The van der Waals surface area contributed by atoms with E-state index < -0.39 is 0 Å². The normalized spacial score (nSPS) is 13.5. The van der Waals surface area contributed by atoms with E-state index in [1.807, 2.05) is 0 Å². The molecule has 0 rings (SSSR count). The Morgan fingerprint density at radius 3 is 2.50 bits per heavy atom. The van der Waals surface area contributed by atoms with Crippen LogP contribution in [0.25, 0.3) is 0 Å². The summed E-state index contributed by atoms with van der Waals surface area (Å²) < 4.78 is 0. The molecule has 2 nitrogen and oxygen atoms in total. The molecule has 0 aliphatic rings. The van der Waals surface area contributed by atoms with Gasteiger partial charge in [0.1, 0.15) is 0 Å². The predicted octanol–water partition coefficient (Wildman–Crippen LogP) is 2.03. The van der Waals surface area contributed by atoms with Crippen LogP contribution in [0.1, 0.15) is 26.2 Å². The molecule has 4 heteroatoms. The fourth-order valence-corrected chi connectivity index (χ4v) is 1.15. The SMILES string of the molecule is CC[C@@H](CCCNCl)NCl. The lowest BCUT2D eigenvalue weighted by Gasteiger charge is -2.10. The Balaban J connectivity index is 3.09. The second kappa shape index (κ2) is 7.61. The molecule has 0 aliphatic carbocycles. The molecule has 62 valence electrons. The summed E-state index contributed by atoms with van der Waals surface area (Å²) in [4.78, 5) is 5.28. The minimum absolute atomic E-state index is 0.423. The molecule has 1 atom stereocenters. The van der Waals surface area contributed by atoms with Crippen LogP contribution in [-0.4, -0.2) is 12.6 Å². The van der Waals surface area contributed by atoms with Crippen molar-refractivity contribution in [2.24, 2.45) is 0 Å². The van der Waals surface area contributed by atoms with Crippen molar-refractivity contribution in [1.29, 1.82) is 0 Å². The van der Waals surface area contributed by atoms with E-state index in [0.29, 0.717) is 6.04 Å². The van der Waals surface area contributed by atoms with Crippen molar-refractivity contribution in [3.8, 4) is 0 Å². The fraction of sp³-hybridized carbons (Fsp3) is 1.00. The van der Waals surface area contributed by atoms with Crippen molar-refractivity contribution in [3.05, 3.63) is 0 Å². The molecule has 0 bridgehead atoms. The first kappa shape index (κ1) is 10.5. The Kier molecular flexibility index (Phi) is 7.99. The van der Waals surface area contributed by atoms with Gasteiger partial charge in [-0.05, 0) is 42.8 Å². The first-order valence-corrected chi connectivity index (χ1v) is 4.30. The molecule has 0 fully saturated rings.